The average Bonchev–Trinajstić information content (AvgIpc) is 2.72. The lowest BCUT2D eigenvalue weighted by molar-refractivity contribution is -0.137. The second kappa shape index (κ2) is 8.79. The van der Waals surface area contributed by atoms with Crippen LogP contribution in [0.3, 0.4) is 0 Å². The van der Waals surface area contributed by atoms with Gasteiger partial charge in [-0.2, -0.15) is 17.5 Å². The van der Waals surface area contributed by atoms with E-state index in [4.69, 9.17) is 11.6 Å². The number of halogens is 4. The van der Waals surface area contributed by atoms with Crippen LogP contribution in [0, 0.1) is 0 Å². The van der Waals surface area contributed by atoms with E-state index in [0.29, 0.717) is 11.3 Å². The molecule has 30 heavy (non-hydrogen) atoms. The molecule has 0 N–H and O–H groups in total. The molecule has 0 saturated carbocycles. The van der Waals surface area contributed by atoms with Crippen LogP contribution in [0.1, 0.15) is 11.1 Å². The van der Waals surface area contributed by atoms with Crippen molar-refractivity contribution in [2.75, 3.05) is 31.1 Å². The summed E-state index contributed by atoms with van der Waals surface area (Å²) in [5.74, 6) is 0. The highest BCUT2D eigenvalue weighted by molar-refractivity contribution is 7.89. The SMILES string of the molecule is O=C(Cl)C=Cc1ccc(S(=O)(=O)N2CCN(c3cccc(C(F)(F)F)c3)CC2)cc1. The topological polar surface area (TPSA) is 57.7 Å². The number of hydrogen-bond donors (Lipinski definition) is 0. The minimum Gasteiger partial charge on any atom is -0.369 e. The van der Waals surface area contributed by atoms with Crippen molar-refractivity contribution in [1.29, 1.82) is 0 Å². The van der Waals surface area contributed by atoms with Gasteiger partial charge < -0.3 is 4.90 Å². The Morgan fingerprint density at radius 1 is 1.00 bits per heavy atom. The maximum atomic E-state index is 12.9. The zero-order valence-corrected chi connectivity index (χ0v) is 17.2. The molecule has 160 valence electrons. The molecule has 1 aliphatic rings. The van der Waals surface area contributed by atoms with E-state index in [-0.39, 0.29) is 31.1 Å². The van der Waals surface area contributed by atoms with Crippen molar-refractivity contribution in [2.45, 2.75) is 11.1 Å². The van der Waals surface area contributed by atoms with Gasteiger partial charge in [-0.25, -0.2) is 8.42 Å². The van der Waals surface area contributed by atoms with Gasteiger partial charge in [0.05, 0.1) is 10.5 Å². The van der Waals surface area contributed by atoms with Gasteiger partial charge in [0.25, 0.3) is 0 Å². The minimum absolute atomic E-state index is 0.101. The highest BCUT2D eigenvalue weighted by atomic mass is 35.5. The Morgan fingerprint density at radius 2 is 1.63 bits per heavy atom. The fourth-order valence-electron chi connectivity index (χ4n) is 3.13. The first kappa shape index (κ1) is 22.3. The first-order valence-electron chi connectivity index (χ1n) is 8.97. The van der Waals surface area contributed by atoms with Crippen LogP contribution in [0.2, 0.25) is 0 Å². The number of anilines is 1. The molecule has 2 aromatic carbocycles. The van der Waals surface area contributed by atoms with Crippen molar-refractivity contribution in [3.8, 4) is 0 Å². The smallest absolute Gasteiger partial charge is 0.369 e. The van der Waals surface area contributed by atoms with E-state index >= 15 is 0 Å². The first-order chi connectivity index (χ1) is 14.1. The van der Waals surface area contributed by atoms with Gasteiger partial charge in [-0.3, -0.25) is 4.79 Å². The molecule has 1 fully saturated rings. The van der Waals surface area contributed by atoms with Gasteiger partial charge in [0.2, 0.25) is 15.3 Å². The van der Waals surface area contributed by atoms with Gasteiger partial charge in [-0.15, -0.1) is 0 Å². The molecule has 0 amide bonds. The molecule has 0 atom stereocenters. The van der Waals surface area contributed by atoms with E-state index in [9.17, 15) is 26.4 Å². The van der Waals surface area contributed by atoms with Crippen molar-refractivity contribution in [2.24, 2.45) is 0 Å². The number of carbonyl (C=O) groups is 1. The summed E-state index contributed by atoms with van der Waals surface area (Å²) in [5, 5.41) is -0.634. The van der Waals surface area contributed by atoms with E-state index in [1.54, 1.807) is 23.1 Å². The van der Waals surface area contributed by atoms with Gasteiger partial charge in [0.1, 0.15) is 0 Å². The van der Waals surface area contributed by atoms with Crippen LogP contribution in [-0.2, 0) is 21.0 Å². The molecule has 2 aromatic rings. The number of rotatable bonds is 5. The number of hydrogen-bond acceptors (Lipinski definition) is 4. The van der Waals surface area contributed by atoms with E-state index in [2.05, 4.69) is 0 Å². The molecule has 0 bridgehead atoms. The summed E-state index contributed by atoms with van der Waals surface area (Å²) >= 11 is 5.23. The van der Waals surface area contributed by atoms with Gasteiger partial charge >= 0.3 is 6.18 Å². The Morgan fingerprint density at radius 3 is 2.20 bits per heavy atom. The van der Waals surface area contributed by atoms with Crippen LogP contribution < -0.4 is 4.90 Å². The summed E-state index contributed by atoms with van der Waals surface area (Å²) in [4.78, 5) is 12.6. The van der Waals surface area contributed by atoms with Gasteiger partial charge in [-0.05, 0) is 53.6 Å². The van der Waals surface area contributed by atoms with E-state index in [1.807, 2.05) is 0 Å². The van der Waals surface area contributed by atoms with Gasteiger partial charge in [0.15, 0.2) is 0 Å². The highest BCUT2D eigenvalue weighted by Crippen LogP contribution is 2.32. The summed E-state index contributed by atoms with van der Waals surface area (Å²) in [7, 11) is -3.74. The minimum atomic E-state index is -4.43. The third-order valence-electron chi connectivity index (χ3n) is 4.70. The number of allylic oxidation sites excluding steroid dienone is 1. The third kappa shape index (κ3) is 5.21. The van der Waals surface area contributed by atoms with Crippen molar-refractivity contribution in [3.63, 3.8) is 0 Å². The number of piperazine rings is 1. The molecule has 0 spiro atoms. The standard InChI is InChI=1S/C20H18ClF3N2O3S/c21-19(27)9-6-15-4-7-18(8-5-15)30(28,29)26-12-10-25(11-13-26)17-3-1-2-16(14-17)20(22,23)24/h1-9,14H,10-13H2. The highest BCUT2D eigenvalue weighted by Gasteiger charge is 2.32. The first-order valence-corrected chi connectivity index (χ1v) is 10.8. The summed E-state index contributed by atoms with van der Waals surface area (Å²) in [6, 6.07) is 11.0. The fraction of sp³-hybridized carbons (Fsp3) is 0.250. The molecule has 5 nitrogen and oxygen atoms in total. The van der Waals surface area contributed by atoms with Crippen LogP contribution >= 0.6 is 11.6 Å². The van der Waals surface area contributed by atoms with Crippen molar-refractivity contribution in [3.05, 3.63) is 65.7 Å². The van der Waals surface area contributed by atoms with Crippen LogP contribution in [0.5, 0.6) is 0 Å². The zero-order valence-electron chi connectivity index (χ0n) is 15.6. The second-order valence-corrected chi connectivity index (χ2v) is 8.96. The van der Waals surface area contributed by atoms with Crippen LogP contribution in [0.15, 0.2) is 59.5 Å². The molecule has 0 aliphatic carbocycles. The van der Waals surface area contributed by atoms with Gasteiger partial charge in [0, 0.05) is 31.9 Å². The monoisotopic (exact) mass is 458 g/mol. The number of benzene rings is 2. The average molecular weight is 459 g/mol. The Bertz CT molecular complexity index is 1050. The number of alkyl halides is 3. The molecular weight excluding hydrogens is 441 g/mol. The molecule has 0 unspecified atom stereocenters. The summed E-state index contributed by atoms with van der Waals surface area (Å²) < 4.78 is 65.8. The van der Waals surface area contributed by atoms with E-state index < -0.39 is 27.0 Å². The Labute approximate surface area is 177 Å². The maximum absolute atomic E-state index is 12.9. The molecule has 0 radical (unpaired) electrons. The largest absolute Gasteiger partial charge is 0.416 e. The van der Waals surface area contributed by atoms with Crippen LogP contribution in [0.4, 0.5) is 18.9 Å². The van der Waals surface area contributed by atoms with E-state index in [0.717, 1.165) is 18.2 Å². The molecule has 10 heteroatoms. The lowest BCUT2D eigenvalue weighted by atomic mass is 10.1. The Hall–Kier alpha value is -2.36. The predicted molar refractivity (Wildman–Crippen MR) is 109 cm³/mol. The van der Waals surface area contributed by atoms with Crippen LogP contribution in [0.25, 0.3) is 6.08 Å². The van der Waals surface area contributed by atoms with Crippen molar-refractivity contribution >= 4 is 38.6 Å². The molecular formula is C20H18ClF3N2O3S. The number of sulfonamides is 1. The molecule has 1 heterocycles. The van der Waals surface area contributed by atoms with Crippen molar-refractivity contribution < 1.29 is 26.4 Å². The summed E-state index contributed by atoms with van der Waals surface area (Å²) in [6.07, 6.45) is -1.79. The van der Waals surface area contributed by atoms with E-state index in [1.165, 1.54) is 28.6 Å². The second-order valence-electron chi connectivity index (χ2n) is 6.65. The third-order valence-corrected chi connectivity index (χ3v) is 6.74. The molecule has 3 rings (SSSR count). The molecule has 1 aliphatic heterocycles. The summed E-state index contributed by atoms with van der Waals surface area (Å²) in [5.41, 5.74) is 0.296. The number of carbonyl (C=O) groups excluding carboxylic acids is 1. The summed E-state index contributed by atoms with van der Waals surface area (Å²) in [6.45, 7) is 0.861. The lowest BCUT2D eigenvalue weighted by Crippen LogP contribution is -2.48. The normalized spacial score (nSPS) is 16.2. The van der Waals surface area contributed by atoms with Crippen molar-refractivity contribution in [1.82, 2.24) is 4.31 Å². The number of nitrogens with zero attached hydrogens (tertiary/aromatic N) is 2. The Balaban J connectivity index is 1.69. The molecule has 0 aromatic heterocycles. The predicted octanol–water partition coefficient (Wildman–Crippen LogP) is 3.99. The fourth-order valence-corrected chi connectivity index (χ4v) is 4.61. The molecule has 1 saturated heterocycles. The lowest BCUT2D eigenvalue weighted by Gasteiger charge is -2.35. The quantitative estimate of drug-likeness (QED) is 0.502. The Kier molecular flexibility index (Phi) is 6.54. The van der Waals surface area contributed by atoms with Crippen LogP contribution in [-0.4, -0.2) is 44.1 Å². The maximum Gasteiger partial charge on any atom is 0.416 e. The zero-order chi connectivity index (χ0) is 21.9. The van der Waals surface area contributed by atoms with Gasteiger partial charge in [-0.1, -0.05) is 24.3 Å².